The summed E-state index contributed by atoms with van der Waals surface area (Å²) in [6.07, 6.45) is 3.28. The van der Waals surface area contributed by atoms with E-state index in [1.165, 1.54) is 6.07 Å². The van der Waals surface area contributed by atoms with Gasteiger partial charge in [0.1, 0.15) is 28.1 Å². The highest BCUT2D eigenvalue weighted by molar-refractivity contribution is 7.92. The number of benzene rings is 2. The lowest BCUT2D eigenvalue weighted by Crippen LogP contribution is -2.36. The van der Waals surface area contributed by atoms with E-state index in [1.54, 1.807) is 23.1 Å². The Balaban J connectivity index is 1.60. The molecule has 2 heterocycles. The topological polar surface area (TPSA) is 170 Å². The number of aromatic hydroxyl groups is 1. The summed E-state index contributed by atoms with van der Waals surface area (Å²) in [7, 11) is -4.22. The van der Waals surface area contributed by atoms with Gasteiger partial charge in [0.15, 0.2) is 0 Å². The normalized spacial score (nSPS) is 19.6. The van der Waals surface area contributed by atoms with Gasteiger partial charge in [-0.25, -0.2) is 13.2 Å². The Kier molecular flexibility index (Phi) is 9.72. The molecule has 0 aromatic heterocycles. The molecular formula is C29H40N4O8S. The van der Waals surface area contributed by atoms with Gasteiger partial charge in [0.05, 0.1) is 24.4 Å². The average molecular weight is 605 g/mol. The minimum atomic E-state index is -4.22. The van der Waals surface area contributed by atoms with Gasteiger partial charge >= 0.3 is 6.09 Å². The molecule has 2 aliphatic heterocycles. The van der Waals surface area contributed by atoms with Crippen LogP contribution in [-0.4, -0.2) is 75.0 Å². The van der Waals surface area contributed by atoms with Gasteiger partial charge in [-0.3, -0.25) is 9.52 Å². The second-order valence-electron chi connectivity index (χ2n) is 11.5. The summed E-state index contributed by atoms with van der Waals surface area (Å²) >= 11 is 0. The highest BCUT2D eigenvalue weighted by Crippen LogP contribution is 2.33. The zero-order valence-electron chi connectivity index (χ0n) is 24.3. The minimum Gasteiger partial charge on any atom is -0.507 e. The number of carbonyl (C=O) groups is 2. The Hall–Kier alpha value is -3.71. The molecule has 230 valence electrons. The Morgan fingerprint density at radius 3 is 2.64 bits per heavy atom. The van der Waals surface area contributed by atoms with Crippen LogP contribution in [0.25, 0.3) is 0 Å². The third-order valence-electron chi connectivity index (χ3n) is 6.85. The van der Waals surface area contributed by atoms with E-state index >= 15 is 0 Å². The van der Waals surface area contributed by atoms with Crippen molar-refractivity contribution in [2.45, 2.75) is 69.5 Å². The Bertz CT molecular complexity index is 1410. The molecule has 1 atom stereocenters. The number of amides is 2. The molecule has 2 aliphatic rings. The second kappa shape index (κ2) is 13.1. The van der Waals surface area contributed by atoms with Crippen LogP contribution >= 0.6 is 0 Å². The standard InChI is InChI=1S/C29H40N4O8S/c1-29(2,3)41-28(36)33-12-10-21(18-33)40-25-9-8-20-15-19(25)7-5-4-6-13-39-14-11-31-23-17-24(34)22(27(30)35)16-26(23)42(37,38)32-20/h8-9,15-17,21,31-32,34H,4-7,10-14,18H2,1-3H3,(H2,30,35). The number of carbonyl (C=O) groups excluding carboxylic acids is 2. The first-order chi connectivity index (χ1) is 19.8. The number of fused-ring (bicyclic) bond motifs is 3. The number of ether oxygens (including phenoxy) is 3. The van der Waals surface area contributed by atoms with Crippen LogP contribution in [0.1, 0.15) is 62.4 Å². The lowest BCUT2D eigenvalue weighted by molar-refractivity contribution is 0.0275. The van der Waals surface area contributed by atoms with E-state index in [2.05, 4.69) is 10.0 Å². The fourth-order valence-electron chi connectivity index (χ4n) is 4.84. The molecule has 4 rings (SSSR count). The summed E-state index contributed by atoms with van der Waals surface area (Å²) in [5.74, 6) is -0.767. The quantitative estimate of drug-likeness (QED) is 0.407. The maximum Gasteiger partial charge on any atom is 0.410 e. The monoisotopic (exact) mass is 604 g/mol. The molecular weight excluding hydrogens is 564 g/mol. The smallest absolute Gasteiger partial charge is 0.410 e. The number of likely N-dealkylation sites (tertiary alicyclic amines) is 1. The van der Waals surface area contributed by atoms with E-state index in [-0.39, 0.29) is 28.3 Å². The van der Waals surface area contributed by atoms with Crippen molar-refractivity contribution in [2.75, 3.05) is 42.9 Å². The molecule has 5 N–H and O–H groups in total. The fourth-order valence-corrected chi connectivity index (χ4v) is 6.08. The Morgan fingerprint density at radius 2 is 1.90 bits per heavy atom. The number of anilines is 2. The third kappa shape index (κ3) is 8.19. The molecule has 1 unspecified atom stereocenters. The van der Waals surface area contributed by atoms with E-state index in [0.29, 0.717) is 57.1 Å². The number of aryl methyl sites for hydroxylation is 1. The van der Waals surface area contributed by atoms with E-state index in [1.807, 2.05) is 20.8 Å². The van der Waals surface area contributed by atoms with Crippen molar-refractivity contribution in [3.05, 3.63) is 41.5 Å². The predicted molar refractivity (Wildman–Crippen MR) is 158 cm³/mol. The van der Waals surface area contributed by atoms with Crippen LogP contribution in [0, 0.1) is 0 Å². The summed E-state index contributed by atoms with van der Waals surface area (Å²) in [6.45, 7) is 7.54. The SMILES string of the molecule is CC(C)(C)OC(=O)N1CCC(Oc2ccc3cc2CCCCCOCCNc2cc(O)c(C(N)=O)cc2S(=O)(=O)N3)C1. The van der Waals surface area contributed by atoms with Crippen LogP contribution < -0.4 is 20.5 Å². The zero-order valence-corrected chi connectivity index (χ0v) is 25.1. The van der Waals surface area contributed by atoms with E-state index in [0.717, 1.165) is 30.9 Å². The van der Waals surface area contributed by atoms with E-state index in [4.69, 9.17) is 19.9 Å². The first-order valence-electron chi connectivity index (χ1n) is 14.1. The second-order valence-corrected chi connectivity index (χ2v) is 13.1. The van der Waals surface area contributed by atoms with E-state index in [9.17, 15) is 23.1 Å². The molecule has 13 heteroatoms. The molecule has 0 aliphatic carbocycles. The van der Waals surface area contributed by atoms with Gasteiger partial charge in [0, 0.05) is 37.9 Å². The van der Waals surface area contributed by atoms with Gasteiger partial charge in [-0.2, -0.15) is 0 Å². The van der Waals surface area contributed by atoms with Crippen LogP contribution in [0.4, 0.5) is 16.2 Å². The van der Waals surface area contributed by atoms with Crippen LogP contribution in [0.3, 0.4) is 0 Å². The molecule has 0 saturated carbocycles. The van der Waals surface area contributed by atoms with Gasteiger partial charge in [0.25, 0.3) is 15.9 Å². The van der Waals surface area contributed by atoms with Crippen molar-refractivity contribution in [1.82, 2.24) is 4.90 Å². The number of nitrogens with one attached hydrogen (secondary N) is 2. The summed E-state index contributed by atoms with van der Waals surface area (Å²) in [6, 6.07) is 7.29. The van der Waals surface area contributed by atoms with Gasteiger partial charge < -0.3 is 35.3 Å². The first kappa shape index (κ1) is 31.2. The van der Waals surface area contributed by atoms with Gasteiger partial charge in [-0.1, -0.05) is 6.42 Å². The third-order valence-corrected chi connectivity index (χ3v) is 8.27. The van der Waals surface area contributed by atoms with Crippen LogP contribution in [0.5, 0.6) is 11.5 Å². The molecule has 2 aromatic carbocycles. The maximum absolute atomic E-state index is 13.5. The molecule has 2 amide bonds. The zero-order chi connectivity index (χ0) is 30.5. The van der Waals surface area contributed by atoms with E-state index < -0.39 is 27.3 Å². The van der Waals surface area contributed by atoms with Crippen LogP contribution in [0.15, 0.2) is 35.2 Å². The lowest BCUT2D eigenvalue weighted by Gasteiger charge is -2.24. The highest BCUT2D eigenvalue weighted by Gasteiger charge is 2.31. The number of hydrogen-bond donors (Lipinski definition) is 4. The largest absolute Gasteiger partial charge is 0.507 e. The fraction of sp³-hybridized carbons (Fsp3) is 0.517. The number of rotatable bonds is 3. The van der Waals surface area contributed by atoms with Crippen molar-refractivity contribution in [2.24, 2.45) is 5.73 Å². The Morgan fingerprint density at radius 1 is 1.12 bits per heavy atom. The van der Waals surface area contributed by atoms with Crippen LogP contribution in [-0.2, 0) is 25.9 Å². The summed E-state index contributed by atoms with van der Waals surface area (Å²) in [5, 5.41) is 13.2. The maximum atomic E-state index is 13.5. The van der Waals surface area contributed by atoms with Crippen molar-refractivity contribution < 1.29 is 37.3 Å². The van der Waals surface area contributed by atoms with Gasteiger partial charge in [-0.15, -0.1) is 0 Å². The predicted octanol–water partition coefficient (Wildman–Crippen LogP) is 3.84. The van der Waals surface area contributed by atoms with Crippen molar-refractivity contribution in [1.29, 1.82) is 0 Å². The summed E-state index contributed by atoms with van der Waals surface area (Å²) in [5.41, 5.74) is 5.71. The summed E-state index contributed by atoms with van der Waals surface area (Å²) in [4.78, 5) is 25.7. The summed E-state index contributed by atoms with van der Waals surface area (Å²) < 4.78 is 47.2. The number of phenols is 1. The van der Waals surface area contributed by atoms with Crippen molar-refractivity contribution in [3.8, 4) is 11.5 Å². The van der Waals surface area contributed by atoms with Crippen molar-refractivity contribution >= 4 is 33.4 Å². The minimum absolute atomic E-state index is 0.108. The number of nitrogens with two attached hydrogens (primary N) is 1. The molecule has 2 bridgehead atoms. The molecule has 1 fully saturated rings. The molecule has 1 saturated heterocycles. The van der Waals surface area contributed by atoms with Gasteiger partial charge in [0.2, 0.25) is 0 Å². The Labute approximate surface area is 246 Å². The first-order valence-corrected chi connectivity index (χ1v) is 15.6. The number of primary amides is 1. The molecule has 2 aromatic rings. The number of hydrogen-bond acceptors (Lipinski definition) is 9. The molecule has 12 nitrogen and oxygen atoms in total. The lowest BCUT2D eigenvalue weighted by atomic mass is 10.1. The van der Waals surface area contributed by atoms with Crippen LogP contribution in [0.2, 0.25) is 0 Å². The van der Waals surface area contributed by atoms with Gasteiger partial charge in [-0.05, 0) is 69.9 Å². The average Bonchev–Trinajstić information content (AvgIpc) is 3.36. The molecule has 0 radical (unpaired) electrons. The highest BCUT2D eigenvalue weighted by atomic mass is 32.2. The molecule has 0 spiro atoms. The number of sulfonamides is 1. The van der Waals surface area contributed by atoms with Crippen molar-refractivity contribution in [3.63, 3.8) is 0 Å². The number of nitrogens with zero attached hydrogens (tertiary/aromatic N) is 1. The molecule has 42 heavy (non-hydrogen) atoms.